The molecule has 0 spiro atoms. The Labute approximate surface area is 146 Å². The summed E-state index contributed by atoms with van der Waals surface area (Å²) in [5.74, 6) is 0.257. The summed E-state index contributed by atoms with van der Waals surface area (Å²) in [6, 6.07) is 0. The molecule has 2 aromatic heterocycles. The summed E-state index contributed by atoms with van der Waals surface area (Å²) >= 11 is 6.01. The molecule has 7 heteroatoms. The smallest absolute Gasteiger partial charge is 0.326 e. The lowest BCUT2D eigenvalue weighted by Gasteiger charge is -2.29. The van der Waals surface area contributed by atoms with Crippen molar-refractivity contribution in [2.45, 2.75) is 53.3 Å². The number of H-pyrrole nitrogens is 1. The summed E-state index contributed by atoms with van der Waals surface area (Å²) in [6.45, 7) is 8.20. The number of aromatic nitrogens is 3. The second-order valence-electron chi connectivity index (χ2n) is 5.87. The SMILES string of the molecule is CC.Cc1c(Cl)ncc2c(N3CCCCC(C)C3F)nc(=O)[nH]c12. The van der Waals surface area contributed by atoms with E-state index in [-0.39, 0.29) is 5.92 Å². The number of nitrogens with zero attached hydrogens (tertiary/aromatic N) is 3. The molecule has 2 atom stereocenters. The van der Waals surface area contributed by atoms with Gasteiger partial charge in [-0.15, -0.1) is 0 Å². The zero-order chi connectivity index (χ0) is 17.9. The molecule has 1 aliphatic rings. The standard InChI is InChI=1S/C15H18ClFN4O.C2H6/c1-8-5-3-4-6-21(13(8)17)14-10-7-18-12(16)9(2)11(10)19-15(22)20-14;1-2/h7-8,13H,3-6H2,1-2H3,(H,19,20,22);1-2H3. The molecule has 3 heterocycles. The maximum absolute atomic E-state index is 14.8. The number of alkyl halides is 1. The highest BCUT2D eigenvalue weighted by atomic mass is 35.5. The van der Waals surface area contributed by atoms with E-state index < -0.39 is 12.0 Å². The number of nitrogens with one attached hydrogen (secondary N) is 1. The van der Waals surface area contributed by atoms with E-state index in [1.54, 1.807) is 18.0 Å². The maximum Gasteiger partial charge on any atom is 0.347 e. The Morgan fingerprint density at radius 1 is 1.38 bits per heavy atom. The first-order chi connectivity index (χ1) is 11.5. The number of aryl methyl sites for hydroxylation is 1. The molecule has 1 N–H and O–H groups in total. The first-order valence-electron chi connectivity index (χ1n) is 8.45. The number of hydrogen-bond acceptors (Lipinski definition) is 4. The lowest BCUT2D eigenvalue weighted by Crippen LogP contribution is -2.37. The fraction of sp³-hybridized carbons (Fsp3) is 0.588. The normalized spacial score (nSPS) is 21.2. The first kappa shape index (κ1) is 18.6. The van der Waals surface area contributed by atoms with Gasteiger partial charge < -0.3 is 9.88 Å². The van der Waals surface area contributed by atoms with Crippen LogP contribution in [0.3, 0.4) is 0 Å². The topological polar surface area (TPSA) is 61.9 Å². The largest absolute Gasteiger partial charge is 0.347 e. The summed E-state index contributed by atoms with van der Waals surface area (Å²) in [7, 11) is 0. The van der Waals surface area contributed by atoms with Gasteiger partial charge in [0, 0.05) is 24.2 Å². The maximum atomic E-state index is 14.8. The molecule has 2 unspecified atom stereocenters. The van der Waals surface area contributed by atoms with Crippen molar-refractivity contribution in [3.63, 3.8) is 0 Å². The van der Waals surface area contributed by atoms with Gasteiger partial charge in [-0.2, -0.15) is 4.98 Å². The molecular weight excluding hydrogens is 331 g/mol. The molecule has 132 valence electrons. The second-order valence-corrected chi connectivity index (χ2v) is 6.23. The third-order valence-electron chi connectivity index (χ3n) is 4.29. The van der Waals surface area contributed by atoms with Gasteiger partial charge in [-0.1, -0.05) is 38.8 Å². The summed E-state index contributed by atoms with van der Waals surface area (Å²) in [4.78, 5) is 24.3. The van der Waals surface area contributed by atoms with Gasteiger partial charge in [0.05, 0.1) is 10.9 Å². The predicted octanol–water partition coefficient (Wildman–Crippen LogP) is 4.23. The second kappa shape index (κ2) is 7.92. The molecule has 0 aromatic carbocycles. The van der Waals surface area contributed by atoms with Crippen LogP contribution < -0.4 is 10.6 Å². The fourth-order valence-corrected chi connectivity index (χ4v) is 3.11. The van der Waals surface area contributed by atoms with E-state index in [1.807, 2.05) is 20.8 Å². The quantitative estimate of drug-likeness (QED) is 0.615. The van der Waals surface area contributed by atoms with Crippen molar-refractivity contribution >= 4 is 28.3 Å². The molecule has 0 amide bonds. The Morgan fingerprint density at radius 3 is 2.79 bits per heavy atom. The summed E-state index contributed by atoms with van der Waals surface area (Å²) in [5.41, 5.74) is 0.731. The number of rotatable bonds is 1. The lowest BCUT2D eigenvalue weighted by molar-refractivity contribution is 0.234. The molecule has 0 radical (unpaired) electrons. The fourth-order valence-electron chi connectivity index (χ4n) is 2.97. The third-order valence-corrected chi connectivity index (χ3v) is 4.67. The number of hydrogen-bond donors (Lipinski definition) is 1. The molecule has 2 aromatic rings. The van der Waals surface area contributed by atoms with E-state index in [9.17, 15) is 9.18 Å². The minimum Gasteiger partial charge on any atom is -0.326 e. The van der Waals surface area contributed by atoms with Gasteiger partial charge in [0.1, 0.15) is 11.0 Å². The van der Waals surface area contributed by atoms with Crippen LogP contribution in [-0.4, -0.2) is 27.8 Å². The van der Waals surface area contributed by atoms with E-state index in [4.69, 9.17) is 11.6 Å². The number of anilines is 1. The Bertz CT molecular complexity index is 764. The first-order valence-corrected chi connectivity index (χ1v) is 8.82. The van der Waals surface area contributed by atoms with E-state index in [2.05, 4.69) is 15.0 Å². The van der Waals surface area contributed by atoms with Crippen molar-refractivity contribution in [3.8, 4) is 0 Å². The molecule has 3 rings (SSSR count). The van der Waals surface area contributed by atoms with Crippen molar-refractivity contribution < 1.29 is 4.39 Å². The molecule has 24 heavy (non-hydrogen) atoms. The highest BCUT2D eigenvalue weighted by Crippen LogP contribution is 2.32. The molecule has 0 saturated carbocycles. The highest BCUT2D eigenvalue weighted by molar-refractivity contribution is 6.31. The van der Waals surface area contributed by atoms with Crippen LogP contribution in [0.15, 0.2) is 11.0 Å². The minimum absolute atomic E-state index is 0.0972. The van der Waals surface area contributed by atoms with Gasteiger partial charge >= 0.3 is 5.69 Å². The highest BCUT2D eigenvalue weighted by Gasteiger charge is 2.29. The van der Waals surface area contributed by atoms with Crippen molar-refractivity contribution in [1.82, 2.24) is 15.0 Å². The van der Waals surface area contributed by atoms with Crippen LogP contribution in [0.2, 0.25) is 5.15 Å². The number of pyridine rings is 1. The summed E-state index contributed by atoms with van der Waals surface area (Å²) < 4.78 is 14.8. The van der Waals surface area contributed by atoms with E-state index >= 15 is 0 Å². The van der Waals surface area contributed by atoms with E-state index in [0.29, 0.717) is 34.0 Å². The van der Waals surface area contributed by atoms with Crippen LogP contribution in [-0.2, 0) is 0 Å². The third kappa shape index (κ3) is 3.53. The van der Waals surface area contributed by atoms with Crippen LogP contribution in [0.5, 0.6) is 0 Å². The molecule has 5 nitrogen and oxygen atoms in total. The van der Waals surface area contributed by atoms with E-state index in [0.717, 1.165) is 19.3 Å². The van der Waals surface area contributed by atoms with Gasteiger partial charge in [-0.05, 0) is 19.8 Å². The number of aromatic amines is 1. The van der Waals surface area contributed by atoms with Gasteiger partial charge in [0.15, 0.2) is 6.30 Å². The van der Waals surface area contributed by atoms with Crippen LogP contribution >= 0.6 is 11.6 Å². The predicted molar refractivity (Wildman–Crippen MR) is 96.5 cm³/mol. The molecule has 0 aliphatic carbocycles. The Balaban J connectivity index is 0.00000100. The number of halogens is 2. The zero-order valence-corrected chi connectivity index (χ0v) is 15.3. The molecule has 1 fully saturated rings. The van der Waals surface area contributed by atoms with Crippen LogP contribution in [0.25, 0.3) is 10.9 Å². The van der Waals surface area contributed by atoms with Crippen molar-refractivity contribution in [3.05, 3.63) is 27.4 Å². The minimum atomic E-state index is -1.16. The van der Waals surface area contributed by atoms with Gasteiger partial charge in [0.2, 0.25) is 0 Å². The molecule has 1 aliphatic heterocycles. The average molecular weight is 355 g/mol. The number of fused-ring (bicyclic) bond motifs is 1. The average Bonchev–Trinajstić information content (AvgIpc) is 2.75. The Morgan fingerprint density at radius 2 is 2.08 bits per heavy atom. The molecule has 0 bridgehead atoms. The van der Waals surface area contributed by atoms with Crippen molar-refractivity contribution in [2.75, 3.05) is 11.4 Å². The van der Waals surface area contributed by atoms with Crippen molar-refractivity contribution in [1.29, 1.82) is 0 Å². The van der Waals surface area contributed by atoms with Crippen LogP contribution in [0, 0.1) is 12.8 Å². The molecule has 1 saturated heterocycles. The van der Waals surface area contributed by atoms with Crippen LogP contribution in [0.4, 0.5) is 10.2 Å². The van der Waals surface area contributed by atoms with Crippen LogP contribution in [0.1, 0.15) is 45.6 Å². The molecular formula is C17H24ClFN4O. The van der Waals surface area contributed by atoms with Gasteiger partial charge in [-0.25, -0.2) is 14.2 Å². The van der Waals surface area contributed by atoms with E-state index in [1.165, 1.54) is 0 Å². The van der Waals surface area contributed by atoms with Gasteiger partial charge in [-0.3, -0.25) is 0 Å². The monoisotopic (exact) mass is 354 g/mol. The van der Waals surface area contributed by atoms with Gasteiger partial charge in [0.25, 0.3) is 0 Å². The Hall–Kier alpha value is -1.69. The van der Waals surface area contributed by atoms with Crippen molar-refractivity contribution in [2.24, 2.45) is 5.92 Å². The lowest BCUT2D eigenvalue weighted by atomic mass is 10.1. The Kier molecular flexibility index (Phi) is 6.15. The summed E-state index contributed by atoms with van der Waals surface area (Å²) in [5, 5.41) is 0.944. The zero-order valence-electron chi connectivity index (χ0n) is 14.6. The summed E-state index contributed by atoms with van der Waals surface area (Å²) in [6.07, 6.45) is 3.08.